The highest BCUT2D eigenvalue weighted by molar-refractivity contribution is 7.66. The number of aliphatic hydroxyl groups excluding tert-OH is 1. The molecule has 0 saturated carbocycles. The van der Waals surface area contributed by atoms with Gasteiger partial charge in [0.25, 0.3) is 0 Å². The Labute approximate surface area is 113 Å². The minimum absolute atomic E-state index is 0.157. The molecule has 12 nitrogen and oxygen atoms in total. The number of nitrogens with one attached hydrogen (secondary N) is 1. The quantitative estimate of drug-likeness (QED) is 0.138. The molecule has 0 aromatic carbocycles. The second-order valence-corrected chi connectivity index (χ2v) is 7.58. The number of hydroxylamine groups is 1. The average molecular weight is 357 g/mol. The van der Waals surface area contributed by atoms with Gasteiger partial charge in [-0.2, -0.15) is 18.7 Å². The van der Waals surface area contributed by atoms with E-state index in [2.05, 4.69) is 13.2 Å². The van der Waals surface area contributed by atoms with Crippen LogP contribution in [-0.2, 0) is 26.9 Å². The largest absolute Gasteiger partial charge is 0.497 e. The summed E-state index contributed by atoms with van der Waals surface area (Å²) in [5.41, 5.74) is 2.38. The normalized spacial score (nSPS) is 19.4. The van der Waals surface area contributed by atoms with Crippen molar-refractivity contribution in [1.29, 1.82) is 0 Å². The fourth-order valence-electron chi connectivity index (χ4n) is 0.696. The molecule has 2 atom stereocenters. The smallest absolute Gasteiger partial charge is 0.392 e. The van der Waals surface area contributed by atoms with E-state index >= 15 is 0 Å². The van der Waals surface area contributed by atoms with Crippen LogP contribution < -0.4 is 5.48 Å². The zero-order chi connectivity index (χ0) is 16.0. The van der Waals surface area contributed by atoms with E-state index in [1.165, 1.54) is 6.08 Å². The van der Waals surface area contributed by atoms with Crippen LogP contribution in [0.5, 0.6) is 0 Å². The fourth-order valence-corrected chi connectivity index (χ4v) is 3.57. The molecule has 0 aliphatic carbocycles. The molecule has 0 heterocycles. The Bertz CT molecular complexity index is 482. The SMILES string of the molecule is C/C(=C\CNOP(=O)(O)OP(=O)(O)OP(=O)(O)O)CO. The topological polar surface area (TPSA) is 192 Å². The Balaban J connectivity index is 4.42. The van der Waals surface area contributed by atoms with Crippen molar-refractivity contribution in [3.63, 3.8) is 0 Å². The van der Waals surface area contributed by atoms with Crippen molar-refractivity contribution >= 4 is 23.5 Å². The Kier molecular flexibility index (Phi) is 7.93. The van der Waals surface area contributed by atoms with Crippen LogP contribution in [0.3, 0.4) is 0 Å². The van der Waals surface area contributed by atoms with Gasteiger partial charge in [0.2, 0.25) is 0 Å². The molecule has 0 aromatic rings. The molecule has 15 heteroatoms. The number of hydrogen-bond acceptors (Lipinski definition) is 8. The van der Waals surface area contributed by atoms with Crippen molar-refractivity contribution in [1.82, 2.24) is 5.48 Å². The summed E-state index contributed by atoms with van der Waals surface area (Å²) in [6.07, 6.45) is 1.37. The molecular weight excluding hydrogens is 343 g/mol. The van der Waals surface area contributed by atoms with Crippen molar-refractivity contribution in [2.24, 2.45) is 0 Å². The monoisotopic (exact) mass is 357 g/mol. The molecule has 0 radical (unpaired) electrons. The van der Waals surface area contributed by atoms with Gasteiger partial charge in [-0.25, -0.2) is 13.7 Å². The highest BCUT2D eigenvalue weighted by Gasteiger charge is 2.40. The van der Waals surface area contributed by atoms with Gasteiger partial charge in [0.05, 0.1) is 6.61 Å². The summed E-state index contributed by atoms with van der Waals surface area (Å²) in [5, 5.41) is 8.63. The highest BCUT2D eigenvalue weighted by atomic mass is 31.3. The van der Waals surface area contributed by atoms with Crippen molar-refractivity contribution < 1.29 is 51.6 Å². The minimum Gasteiger partial charge on any atom is -0.392 e. The van der Waals surface area contributed by atoms with E-state index in [1.54, 1.807) is 6.92 Å². The molecule has 20 heavy (non-hydrogen) atoms. The zero-order valence-corrected chi connectivity index (χ0v) is 12.7. The first-order valence-corrected chi connectivity index (χ1v) is 9.21. The molecular formula is C5H14NO11P3. The summed E-state index contributed by atoms with van der Waals surface area (Å²) in [5.74, 6) is 0. The maximum Gasteiger partial charge on any atom is 0.497 e. The molecule has 0 bridgehead atoms. The van der Waals surface area contributed by atoms with Crippen LogP contribution in [0.2, 0.25) is 0 Å². The lowest BCUT2D eigenvalue weighted by Gasteiger charge is -2.15. The van der Waals surface area contributed by atoms with Crippen LogP contribution in [0.1, 0.15) is 6.92 Å². The predicted molar refractivity (Wildman–Crippen MR) is 63.8 cm³/mol. The molecule has 0 amide bonds. The molecule has 0 aliphatic heterocycles. The van der Waals surface area contributed by atoms with Gasteiger partial charge in [-0.15, -0.1) is 0 Å². The van der Waals surface area contributed by atoms with Gasteiger partial charge in [0, 0.05) is 6.54 Å². The summed E-state index contributed by atoms with van der Waals surface area (Å²) in [7, 11) is -16.1. The third-order valence-electron chi connectivity index (χ3n) is 1.38. The highest BCUT2D eigenvalue weighted by Crippen LogP contribution is 2.65. The Morgan fingerprint density at radius 2 is 1.65 bits per heavy atom. The second-order valence-electron chi connectivity index (χ2n) is 3.24. The van der Waals surface area contributed by atoms with Crippen LogP contribution in [0.4, 0.5) is 0 Å². The molecule has 0 spiro atoms. The molecule has 0 aliphatic rings. The molecule has 0 aromatic heterocycles. The van der Waals surface area contributed by atoms with Gasteiger partial charge in [0.15, 0.2) is 0 Å². The van der Waals surface area contributed by atoms with Crippen LogP contribution in [0, 0.1) is 0 Å². The van der Waals surface area contributed by atoms with Crippen LogP contribution in [0.25, 0.3) is 0 Å². The van der Waals surface area contributed by atoms with Gasteiger partial charge in [-0.3, -0.25) is 0 Å². The van der Waals surface area contributed by atoms with Crippen molar-refractivity contribution in [2.45, 2.75) is 6.92 Å². The first-order chi connectivity index (χ1) is 8.87. The van der Waals surface area contributed by atoms with Crippen molar-refractivity contribution in [3.05, 3.63) is 11.6 Å². The van der Waals surface area contributed by atoms with E-state index in [0.29, 0.717) is 5.57 Å². The summed E-state index contributed by atoms with van der Waals surface area (Å²) in [6, 6.07) is 0. The Morgan fingerprint density at radius 1 is 1.10 bits per heavy atom. The second kappa shape index (κ2) is 7.90. The van der Waals surface area contributed by atoms with Gasteiger partial charge >= 0.3 is 23.5 Å². The Morgan fingerprint density at radius 3 is 2.10 bits per heavy atom. The van der Waals surface area contributed by atoms with E-state index in [4.69, 9.17) is 24.7 Å². The average Bonchev–Trinajstić information content (AvgIpc) is 2.18. The summed E-state index contributed by atoms with van der Waals surface area (Å²) >= 11 is 0. The molecule has 0 saturated heterocycles. The number of phosphoric acid groups is 3. The van der Waals surface area contributed by atoms with E-state index in [-0.39, 0.29) is 13.2 Å². The number of aliphatic hydroxyl groups is 1. The maximum absolute atomic E-state index is 11.1. The van der Waals surface area contributed by atoms with Crippen LogP contribution >= 0.6 is 23.5 Å². The molecule has 0 fully saturated rings. The predicted octanol–water partition coefficient (Wildman–Crippen LogP) is -0.227. The molecule has 0 rings (SSSR count). The first kappa shape index (κ1) is 20.1. The van der Waals surface area contributed by atoms with Gasteiger partial charge in [-0.1, -0.05) is 11.6 Å². The van der Waals surface area contributed by atoms with E-state index in [9.17, 15) is 13.7 Å². The van der Waals surface area contributed by atoms with Crippen molar-refractivity contribution in [3.8, 4) is 0 Å². The third kappa shape index (κ3) is 10.8. The number of rotatable bonds is 9. The standard InChI is InChI=1S/C5H14NO11P3/c1-5(4-7)2-3-6-15-19(11,12)17-20(13,14)16-18(8,9)10/h2,6-7H,3-4H2,1H3,(H,11,12)(H,13,14)(H2,8,9,10)/b5-2+. The summed E-state index contributed by atoms with van der Waals surface area (Å²) < 4.78 is 43.3. The maximum atomic E-state index is 11.1. The lowest BCUT2D eigenvalue weighted by Crippen LogP contribution is -2.14. The fraction of sp³-hybridized carbons (Fsp3) is 0.600. The number of hydrogen-bond donors (Lipinski definition) is 6. The lowest BCUT2D eigenvalue weighted by molar-refractivity contribution is 0.124. The zero-order valence-electron chi connectivity index (χ0n) is 10.0. The van der Waals surface area contributed by atoms with E-state index < -0.39 is 23.5 Å². The molecule has 6 N–H and O–H groups in total. The van der Waals surface area contributed by atoms with Crippen LogP contribution in [0.15, 0.2) is 11.6 Å². The summed E-state index contributed by atoms with van der Waals surface area (Å²) in [6.45, 7) is 1.14. The Hall–Kier alpha value is 0.0700. The first-order valence-electron chi connectivity index (χ1n) is 4.68. The van der Waals surface area contributed by atoms with Gasteiger partial charge < -0.3 is 24.7 Å². The van der Waals surface area contributed by atoms with Crippen LogP contribution in [-0.4, -0.2) is 37.8 Å². The van der Waals surface area contributed by atoms with E-state index in [0.717, 1.165) is 0 Å². The minimum atomic E-state index is -5.51. The molecule has 120 valence electrons. The lowest BCUT2D eigenvalue weighted by atomic mass is 10.3. The molecule has 2 unspecified atom stereocenters. The van der Waals surface area contributed by atoms with E-state index in [1.807, 2.05) is 5.48 Å². The third-order valence-corrected chi connectivity index (χ3v) is 5.07. The summed E-state index contributed by atoms with van der Waals surface area (Å²) in [4.78, 5) is 34.3. The van der Waals surface area contributed by atoms with Crippen molar-refractivity contribution in [2.75, 3.05) is 13.2 Å². The van der Waals surface area contributed by atoms with Gasteiger partial charge in [-0.05, 0) is 6.92 Å². The van der Waals surface area contributed by atoms with Gasteiger partial charge in [0.1, 0.15) is 0 Å².